The smallest absolute Gasteiger partial charge is 0.321 e. The Balaban J connectivity index is 2.03. The van der Waals surface area contributed by atoms with E-state index in [4.69, 9.17) is 4.74 Å². The first-order chi connectivity index (χ1) is 10.6. The van der Waals surface area contributed by atoms with E-state index in [2.05, 4.69) is 5.32 Å². The quantitative estimate of drug-likeness (QED) is 0.514. The van der Waals surface area contributed by atoms with Crippen LogP contribution >= 0.6 is 0 Å². The Kier molecular flexibility index (Phi) is 5.31. The molecule has 0 aliphatic heterocycles. The number of methoxy groups -OCH3 is 1. The topological polar surface area (TPSA) is 72.5 Å². The second kappa shape index (κ2) is 7.20. The zero-order valence-electron chi connectivity index (χ0n) is 12.8. The lowest BCUT2D eigenvalue weighted by molar-refractivity contribution is -0.161. The van der Waals surface area contributed by atoms with E-state index in [1.807, 2.05) is 6.07 Å². The third-order valence-electron chi connectivity index (χ3n) is 4.22. The minimum absolute atomic E-state index is 0.110. The number of benzene rings is 1. The van der Waals surface area contributed by atoms with Gasteiger partial charge < -0.3 is 10.1 Å². The highest BCUT2D eigenvalue weighted by molar-refractivity contribution is 6.05. The first kappa shape index (κ1) is 16.2. The number of hydrogen-bond donors (Lipinski definition) is 1. The molecule has 0 spiro atoms. The molecule has 0 heterocycles. The van der Waals surface area contributed by atoms with Crippen LogP contribution in [0.2, 0.25) is 0 Å². The van der Waals surface area contributed by atoms with Gasteiger partial charge in [0.2, 0.25) is 5.91 Å². The lowest BCUT2D eigenvalue weighted by Crippen LogP contribution is -2.49. The number of carbonyl (C=O) groups is 3. The first-order valence-corrected chi connectivity index (χ1v) is 7.55. The van der Waals surface area contributed by atoms with Crippen LogP contribution in [0.3, 0.4) is 0 Å². The van der Waals surface area contributed by atoms with E-state index in [0.717, 1.165) is 19.3 Å². The molecule has 0 unspecified atom stereocenters. The van der Waals surface area contributed by atoms with Crippen LogP contribution in [0, 0.1) is 5.41 Å². The summed E-state index contributed by atoms with van der Waals surface area (Å²) >= 11 is 0. The molecule has 1 fully saturated rings. The molecule has 118 valence electrons. The van der Waals surface area contributed by atoms with E-state index in [0.29, 0.717) is 18.4 Å². The fraction of sp³-hybridized carbons (Fsp3) is 0.471. The highest BCUT2D eigenvalue weighted by atomic mass is 16.5. The lowest BCUT2D eigenvalue weighted by Gasteiger charge is -2.32. The molecule has 1 N–H and O–H groups in total. The van der Waals surface area contributed by atoms with Crippen LogP contribution in [-0.4, -0.2) is 31.3 Å². The molecule has 1 saturated carbocycles. The summed E-state index contributed by atoms with van der Waals surface area (Å²) in [7, 11) is 1.29. The van der Waals surface area contributed by atoms with Crippen molar-refractivity contribution < 1.29 is 19.1 Å². The molecule has 1 aromatic rings. The Labute approximate surface area is 130 Å². The SMILES string of the molecule is COC(=O)C1(C(=O)NCC(=O)c2ccccc2)CCCCC1. The van der Waals surface area contributed by atoms with E-state index in [1.165, 1.54) is 7.11 Å². The summed E-state index contributed by atoms with van der Waals surface area (Å²) in [6.07, 6.45) is 3.59. The van der Waals surface area contributed by atoms with Gasteiger partial charge in [0.25, 0.3) is 0 Å². The molecule has 1 aliphatic rings. The molecule has 5 nitrogen and oxygen atoms in total. The Morgan fingerprint density at radius 3 is 2.32 bits per heavy atom. The van der Waals surface area contributed by atoms with Gasteiger partial charge in [0.15, 0.2) is 5.78 Å². The summed E-state index contributed by atoms with van der Waals surface area (Å²) < 4.78 is 4.82. The molecular formula is C17H21NO4. The van der Waals surface area contributed by atoms with Gasteiger partial charge in [0.1, 0.15) is 5.41 Å². The number of esters is 1. The van der Waals surface area contributed by atoms with Crippen molar-refractivity contribution in [3.63, 3.8) is 0 Å². The Morgan fingerprint density at radius 2 is 1.73 bits per heavy atom. The average Bonchev–Trinajstić information content (AvgIpc) is 2.59. The second-order valence-electron chi connectivity index (χ2n) is 5.61. The zero-order valence-corrected chi connectivity index (χ0v) is 12.8. The number of nitrogens with one attached hydrogen (secondary N) is 1. The van der Waals surface area contributed by atoms with Crippen LogP contribution in [0.4, 0.5) is 0 Å². The van der Waals surface area contributed by atoms with Crippen LogP contribution in [0.5, 0.6) is 0 Å². The Morgan fingerprint density at radius 1 is 1.09 bits per heavy atom. The Hall–Kier alpha value is -2.17. The fourth-order valence-corrected chi connectivity index (χ4v) is 2.93. The first-order valence-electron chi connectivity index (χ1n) is 7.55. The van der Waals surface area contributed by atoms with E-state index in [9.17, 15) is 14.4 Å². The third-order valence-corrected chi connectivity index (χ3v) is 4.22. The highest BCUT2D eigenvalue weighted by Crippen LogP contribution is 2.37. The van der Waals surface area contributed by atoms with Gasteiger partial charge in [-0.15, -0.1) is 0 Å². The van der Waals surface area contributed by atoms with Gasteiger partial charge in [0.05, 0.1) is 13.7 Å². The van der Waals surface area contributed by atoms with Crippen molar-refractivity contribution in [1.29, 1.82) is 0 Å². The van der Waals surface area contributed by atoms with Crippen LogP contribution in [-0.2, 0) is 14.3 Å². The largest absolute Gasteiger partial charge is 0.468 e. The molecule has 22 heavy (non-hydrogen) atoms. The van der Waals surface area contributed by atoms with Gasteiger partial charge in [-0.1, -0.05) is 49.6 Å². The number of carbonyl (C=O) groups excluding carboxylic acids is 3. The molecular weight excluding hydrogens is 282 g/mol. The molecule has 1 aliphatic carbocycles. The summed E-state index contributed by atoms with van der Waals surface area (Å²) in [5.74, 6) is -1.08. The van der Waals surface area contributed by atoms with Crippen molar-refractivity contribution in [1.82, 2.24) is 5.32 Å². The highest BCUT2D eigenvalue weighted by Gasteiger charge is 2.47. The summed E-state index contributed by atoms with van der Waals surface area (Å²) in [5, 5.41) is 2.62. The predicted octanol–water partition coefficient (Wildman–Crippen LogP) is 2.11. The van der Waals surface area contributed by atoms with Crippen molar-refractivity contribution in [2.75, 3.05) is 13.7 Å². The molecule has 5 heteroatoms. The lowest BCUT2D eigenvalue weighted by atomic mass is 9.73. The van der Waals surface area contributed by atoms with E-state index in [-0.39, 0.29) is 12.3 Å². The molecule has 1 amide bonds. The normalized spacial score (nSPS) is 16.6. The molecule has 0 aromatic heterocycles. The maximum Gasteiger partial charge on any atom is 0.321 e. The fourth-order valence-electron chi connectivity index (χ4n) is 2.93. The average molecular weight is 303 g/mol. The van der Waals surface area contributed by atoms with Crippen molar-refractivity contribution in [2.24, 2.45) is 5.41 Å². The molecule has 0 atom stereocenters. The number of hydrogen-bond acceptors (Lipinski definition) is 4. The number of ketones is 1. The van der Waals surface area contributed by atoms with Crippen molar-refractivity contribution in [3.8, 4) is 0 Å². The van der Waals surface area contributed by atoms with Gasteiger partial charge >= 0.3 is 5.97 Å². The van der Waals surface area contributed by atoms with Crippen LogP contribution < -0.4 is 5.32 Å². The summed E-state index contributed by atoms with van der Waals surface area (Å²) in [4.78, 5) is 36.6. The van der Waals surface area contributed by atoms with Crippen LogP contribution in [0.15, 0.2) is 30.3 Å². The van der Waals surface area contributed by atoms with E-state index < -0.39 is 17.3 Å². The molecule has 1 aromatic carbocycles. The van der Waals surface area contributed by atoms with Gasteiger partial charge in [-0.05, 0) is 12.8 Å². The van der Waals surface area contributed by atoms with Gasteiger partial charge in [-0.2, -0.15) is 0 Å². The minimum atomic E-state index is -1.13. The number of rotatable bonds is 5. The number of amides is 1. The van der Waals surface area contributed by atoms with Gasteiger partial charge in [0, 0.05) is 5.56 Å². The van der Waals surface area contributed by atoms with Crippen LogP contribution in [0.1, 0.15) is 42.5 Å². The molecule has 2 rings (SSSR count). The zero-order chi connectivity index (χ0) is 16.0. The number of ether oxygens (including phenoxy) is 1. The summed E-state index contributed by atoms with van der Waals surface area (Å²) in [6.45, 7) is -0.110. The maximum atomic E-state index is 12.5. The van der Waals surface area contributed by atoms with Crippen LogP contribution in [0.25, 0.3) is 0 Å². The second-order valence-corrected chi connectivity index (χ2v) is 5.61. The maximum absolute atomic E-state index is 12.5. The monoisotopic (exact) mass is 303 g/mol. The minimum Gasteiger partial charge on any atom is -0.468 e. The summed E-state index contributed by atoms with van der Waals surface area (Å²) in [6, 6.07) is 8.76. The van der Waals surface area contributed by atoms with Crippen molar-refractivity contribution in [2.45, 2.75) is 32.1 Å². The molecule has 0 radical (unpaired) electrons. The number of Topliss-reactive ketones (excluding diaryl/α,β-unsaturated/α-hetero) is 1. The standard InChI is InChI=1S/C17H21NO4/c1-22-16(21)17(10-6-3-7-11-17)15(20)18-12-14(19)13-8-4-2-5-9-13/h2,4-5,8-9H,3,6-7,10-12H2,1H3,(H,18,20). The molecule has 0 bridgehead atoms. The Bertz CT molecular complexity index is 547. The molecule has 0 saturated heterocycles. The predicted molar refractivity (Wildman–Crippen MR) is 81.3 cm³/mol. The van der Waals surface area contributed by atoms with E-state index >= 15 is 0 Å². The van der Waals surface area contributed by atoms with E-state index in [1.54, 1.807) is 24.3 Å². The van der Waals surface area contributed by atoms with Crippen molar-refractivity contribution >= 4 is 17.7 Å². The third kappa shape index (κ3) is 3.35. The summed E-state index contributed by atoms with van der Waals surface area (Å²) in [5.41, 5.74) is -0.595. The van der Waals surface area contributed by atoms with Gasteiger partial charge in [-0.25, -0.2) is 0 Å². The van der Waals surface area contributed by atoms with Crippen molar-refractivity contribution in [3.05, 3.63) is 35.9 Å². The van der Waals surface area contributed by atoms with Gasteiger partial charge in [-0.3, -0.25) is 14.4 Å².